The van der Waals surface area contributed by atoms with Crippen molar-refractivity contribution < 1.29 is 15.3 Å². The molecule has 0 aromatic heterocycles. The normalized spacial score (nSPS) is 46.1. The first-order valence-corrected chi connectivity index (χ1v) is 9.01. The third-order valence-electron chi connectivity index (χ3n) is 7.29. The molecule has 6 unspecified atom stereocenters. The SMILES string of the molecule is C=C1C=CC2CC(C3(C)CCC(O)CC3CO)CCC12C.CO. The lowest BCUT2D eigenvalue weighted by Crippen LogP contribution is -2.46. The van der Waals surface area contributed by atoms with Crippen molar-refractivity contribution in [2.75, 3.05) is 13.7 Å². The van der Waals surface area contributed by atoms with Gasteiger partial charge in [-0.2, -0.15) is 0 Å². The minimum atomic E-state index is -0.213. The fraction of sp³-hybridized carbons (Fsp3) is 0.800. The molecule has 2 fully saturated rings. The number of hydrogen-bond donors (Lipinski definition) is 3. The maximum atomic E-state index is 9.93. The van der Waals surface area contributed by atoms with Gasteiger partial charge in [0.2, 0.25) is 0 Å². The van der Waals surface area contributed by atoms with Gasteiger partial charge in [0.05, 0.1) is 6.10 Å². The van der Waals surface area contributed by atoms with Gasteiger partial charge >= 0.3 is 0 Å². The number of aliphatic hydroxyl groups is 3. The van der Waals surface area contributed by atoms with Crippen LogP contribution in [0.15, 0.2) is 24.3 Å². The summed E-state index contributed by atoms with van der Waals surface area (Å²) in [6.45, 7) is 9.19. The van der Waals surface area contributed by atoms with E-state index in [1.54, 1.807) is 0 Å². The Morgan fingerprint density at radius 2 is 1.87 bits per heavy atom. The molecule has 2 saturated carbocycles. The van der Waals surface area contributed by atoms with E-state index in [0.717, 1.165) is 26.4 Å². The Bertz CT molecular complexity index is 458. The van der Waals surface area contributed by atoms with E-state index in [-0.39, 0.29) is 29.5 Å². The van der Waals surface area contributed by atoms with Gasteiger partial charge in [-0.3, -0.25) is 0 Å². The van der Waals surface area contributed by atoms with E-state index >= 15 is 0 Å². The lowest BCUT2D eigenvalue weighted by atomic mass is 9.53. The molecule has 0 amide bonds. The molecule has 0 spiro atoms. The van der Waals surface area contributed by atoms with E-state index in [1.165, 1.54) is 24.8 Å². The number of fused-ring (bicyclic) bond motifs is 1. The van der Waals surface area contributed by atoms with Crippen molar-refractivity contribution in [3.05, 3.63) is 24.3 Å². The molecule has 3 aliphatic rings. The van der Waals surface area contributed by atoms with Gasteiger partial charge < -0.3 is 15.3 Å². The van der Waals surface area contributed by atoms with Gasteiger partial charge in [0, 0.05) is 13.7 Å². The molecule has 0 saturated heterocycles. The van der Waals surface area contributed by atoms with Crippen molar-refractivity contribution in [3.8, 4) is 0 Å². The number of hydrogen-bond acceptors (Lipinski definition) is 3. The Morgan fingerprint density at radius 1 is 1.17 bits per heavy atom. The lowest BCUT2D eigenvalue weighted by Gasteiger charge is -2.52. The molecule has 23 heavy (non-hydrogen) atoms. The van der Waals surface area contributed by atoms with E-state index < -0.39 is 0 Å². The Kier molecular flexibility index (Phi) is 5.76. The summed E-state index contributed by atoms with van der Waals surface area (Å²) in [5.41, 5.74) is 1.76. The number of rotatable bonds is 2. The highest BCUT2D eigenvalue weighted by molar-refractivity contribution is 5.33. The van der Waals surface area contributed by atoms with Crippen LogP contribution in [0, 0.1) is 28.6 Å². The van der Waals surface area contributed by atoms with E-state index in [9.17, 15) is 10.2 Å². The minimum Gasteiger partial charge on any atom is -0.400 e. The zero-order chi connectivity index (χ0) is 17.3. The van der Waals surface area contributed by atoms with Crippen LogP contribution >= 0.6 is 0 Å². The Balaban J connectivity index is 0.000000924. The summed E-state index contributed by atoms with van der Waals surface area (Å²) in [5, 5.41) is 26.7. The monoisotopic (exact) mass is 322 g/mol. The summed E-state index contributed by atoms with van der Waals surface area (Å²) in [7, 11) is 1.00. The highest BCUT2D eigenvalue weighted by Crippen LogP contribution is 2.59. The highest BCUT2D eigenvalue weighted by Gasteiger charge is 2.50. The Hall–Kier alpha value is -0.640. The zero-order valence-corrected chi connectivity index (χ0v) is 15.0. The van der Waals surface area contributed by atoms with Gasteiger partial charge in [-0.15, -0.1) is 0 Å². The summed E-state index contributed by atoms with van der Waals surface area (Å²) >= 11 is 0. The summed E-state index contributed by atoms with van der Waals surface area (Å²) in [4.78, 5) is 0. The van der Waals surface area contributed by atoms with Crippen LogP contribution in [0.25, 0.3) is 0 Å². The molecular weight excluding hydrogens is 288 g/mol. The fourth-order valence-corrected chi connectivity index (χ4v) is 5.27. The van der Waals surface area contributed by atoms with Gasteiger partial charge in [0.25, 0.3) is 0 Å². The van der Waals surface area contributed by atoms with Crippen molar-refractivity contribution >= 4 is 0 Å². The molecule has 0 bridgehead atoms. The Labute approximate surface area is 141 Å². The first-order valence-electron chi connectivity index (χ1n) is 9.01. The van der Waals surface area contributed by atoms with Crippen LogP contribution in [0.3, 0.4) is 0 Å². The van der Waals surface area contributed by atoms with Crippen LogP contribution in [-0.4, -0.2) is 35.1 Å². The van der Waals surface area contributed by atoms with Crippen LogP contribution in [-0.2, 0) is 0 Å². The van der Waals surface area contributed by atoms with Crippen LogP contribution < -0.4 is 0 Å². The second-order valence-electron chi connectivity index (χ2n) is 8.19. The molecule has 0 radical (unpaired) electrons. The van der Waals surface area contributed by atoms with E-state index in [4.69, 9.17) is 5.11 Å². The molecule has 3 nitrogen and oxygen atoms in total. The predicted molar refractivity (Wildman–Crippen MR) is 93.9 cm³/mol. The molecule has 6 atom stereocenters. The molecule has 3 rings (SSSR count). The van der Waals surface area contributed by atoms with Gasteiger partial charge in [-0.1, -0.05) is 32.6 Å². The summed E-state index contributed by atoms with van der Waals surface area (Å²) < 4.78 is 0. The maximum Gasteiger partial charge on any atom is 0.0544 e. The largest absolute Gasteiger partial charge is 0.400 e. The second kappa shape index (κ2) is 7.08. The Morgan fingerprint density at radius 3 is 2.52 bits per heavy atom. The molecule has 3 N–H and O–H groups in total. The average Bonchev–Trinajstić information content (AvgIpc) is 2.86. The van der Waals surface area contributed by atoms with Gasteiger partial charge in [0.1, 0.15) is 0 Å². The van der Waals surface area contributed by atoms with Gasteiger partial charge in [-0.25, -0.2) is 0 Å². The zero-order valence-electron chi connectivity index (χ0n) is 15.0. The first-order chi connectivity index (χ1) is 10.9. The molecular formula is C20H34O3. The van der Waals surface area contributed by atoms with Gasteiger partial charge in [-0.05, 0) is 72.7 Å². The van der Waals surface area contributed by atoms with E-state index in [0.29, 0.717) is 11.8 Å². The first kappa shape index (κ1) is 18.7. The standard InChI is InChI=1S/C19H30O2.CH4O/c1-13-4-5-14-10-15(6-8-18(13,14)2)19(3)9-7-17(21)11-16(19)12-20;1-2/h4-5,14-17,20-21H,1,6-12H2,2-3H3;2H,1H3. The quantitative estimate of drug-likeness (QED) is 0.731. The van der Waals surface area contributed by atoms with Crippen molar-refractivity contribution in [3.63, 3.8) is 0 Å². The minimum absolute atomic E-state index is 0.188. The van der Waals surface area contributed by atoms with Crippen LogP contribution in [0.4, 0.5) is 0 Å². The van der Waals surface area contributed by atoms with Gasteiger partial charge in [0.15, 0.2) is 0 Å². The molecule has 3 heteroatoms. The maximum absolute atomic E-state index is 9.93. The molecule has 0 heterocycles. The summed E-state index contributed by atoms with van der Waals surface area (Å²) in [6.07, 6.45) is 10.8. The number of allylic oxidation sites excluding steroid dienone is 3. The molecule has 132 valence electrons. The molecule has 3 aliphatic carbocycles. The number of aliphatic hydroxyl groups excluding tert-OH is 3. The van der Waals surface area contributed by atoms with Crippen molar-refractivity contribution in [1.82, 2.24) is 0 Å². The van der Waals surface area contributed by atoms with Crippen molar-refractivity contribution in [2.24, 2.45) is 28.6 Å². The second-order valence-corrected chi connectivity index (χ2v) is 8.19. The van der Waals surface area contributed by atoms with E-state index in [2.05, 4.69) is 32.6 Å². The third kappa shape index (κ3) is 3.16. The van der Waals surface area contributed by atoms with Crippen molar-refractivity contribution in [1.29, 1.82) is 0 Å². The topological polar surface area (TPSA) is 60.7 Å². The highest BCUT2D eigenvalue weighted by atomic mass is 16.3. The smallest absolute Gasteiger partial charge is 0.0544 e. The lowest BCUT2D eigenvalue weighted by molar-refractivity contribution is -0.0632. The van der Waals surface area contributed by atoms with Crippen LogP contribution in [0.2, 0.25) is 0 Å². The fourth-order valence-electron chi connectivity index (χ4n) is 5.27. The van der Waals surface area contributed by atoms with Crippen LogP contribution in [0.5, 0.6) is 0 Å². The molecule has 0 aromatic carbocycles. The van der Waals surface area contributed by atoms with Crippen LogP contribution in [0.1, 0.15) is 52.4 Å². The average molecular weight is 322 g/mol. The summed E-state index contributed by atoms with van der Waals surface area (Å²) in [5.74, 6) is 1.53. The van der Waals surface area contributed by atoms with E-state index in [1.807, 2.05) is 0 Å². The molecule has 0 aliphatic heterocycles. The van der Waals surface area contributed by atoms with Crippen molar-refractivity contribution in [2.45, 2.75) is 58.5 Å². The molecule has 0 aromatic rings. The summed E-state index contributed by atoms with van der Waals surface area (Å²) in [6, 6.07) is 0. The third-order valence-corrected chi connectivity index (χ3v) is 7.29. The predicted octanol–water partition coefficient (Wildman–Crippen LogP) is 3.30.